The molecule has 2 aliphatic rings. The zero-order valence-corrected chi connectivity index (χ0v) is 17.6. The van der Waals surface area contributed by atoms with Gasteiger partial charge in [0.1, 0.15) is 5.82 Å². The fraction of sp³-hybridized carbons (Fsp3) is 0.417. The first kappa shape index (κ1) is 19.0. The molecule has 2 atom stereocenters. The Bertz CT molecular complexity index is 1140. The van der Waals surface area contributed by atoms with E-state index in [4.69, 9.17) is 9.97 Å². The molecule has 0 N–H and O–H groups in total. The summed E-state index contributed by atoms with van der Waals surface area (Å²) in [5.74, 6) is 1.60. The summed E-state index contributed by atoms with van der Waals surface area (Å²) in [6, 6.07) is 15.1. The van der Waals surface area contributed by atoms with Gasteiger partial charge < -0.3 is 4.90 Å². The van der Waals surface area contributed by atoms with Crippen LogP contribution >= 0.6 is 0 Å². The van der Waals surface area contributed by atoms with Crippen molar-refractivity contribution in [3.63, 3.8) is 0 Å². The molecule has 6 heteroatoms. The van der Waals surface area contributed by atoms with E-state index in [1.165, 1.54) is 25.0 Å². The van der Waals surface area contributed by atoms with E-state index >= 15 is 0 Å². The number of benzene rings is 2. The van der Waals surface area contributed by atoms with Crippen LogP contribution in [0, 0.1) is 20.9 Å². The molecule has 0 unspecified atom stereocenters. The topological polar surface area (TPSA) is 72.2 Å². The maximum Gasteiger partial charge on any atom is 0.269 e. The summed E-state index contributed by atoms with van der Waals surface area (Å²) in [7, 11) is 0. The summed E-state index contributed by atoms with van der Waals surface area (Å²) in [5, 5.41) is 12.1. The second kappa shape index (κ2) is 6.49. The maximum atomic E-state index is 11.0. The van der Waals surface area contributed by atoms with E-state index in [0.29, 0.717) is 22.7 Å². The average molecular weight is 402 g/mol. The molecule has 1 aromatic heterocycles. The molecule has 2 heterocycles. The maximum absolute atomic E-state index is 11.0. The van der Waals surface area contributed by atoms with E-state index in [-0.39, 0.29) is 10.6 Å². The first-order chi connectivity index (χ1) is 14.2. The Labute approximate surface area is 176 Å². The summed E-state index contributed by atoms with van der Waals surface area (Å²) >= 11 is 0. The number of rotatable bonds is 3. The number of non-ortho nitro benzene ring substituents is 1. The predicted molar refractivity (Wildman–Crippen MR) is 119 cm³/mol. The third-order valence-corrected chi connectivity index (χ3v) is 6.61. The van der Waals surface area contributed by atoms with E-state index in [2.05, 4.69) is 31.7 Å². The third kappa shape index (κ3) is 3.20. The van der Waals surface area contributed by atoms with Gasteiger partial charge in [-0.3, -0.25) is 10.1 Å². The van der Waals surface area contributed by atoms with Gasteiger partial charge in [0.15, 0.2) is 5.82 Å². The smallest absolute Gasteiger partial charge is 0.269 e. The van der Waals surface area contributed by atoms with Crippen LogP contribution in [0.5, 0.6) is 0 Å². The van der Waals surface area contributed by atoms with Gasteiger partial charge in [0, 0.05) is 35.7 Å². The van der Waals surface area contributed by atoms with Crippen molar-refractivity contribution in [1.29, 1.82) is 0 Å². The summed E-state index contributed by atoms with van der Waals surface area (Å²) < 4.78 is 0. The van der Waals surface area contributed by atoms with Crippen molar-refractivity contribution in [2.24, 2.45) is 10.8 Å². The van der Waals surface area contributed by atoms with Crippen molar-refractivity contribution in [3.8, 4) is 11.4 Å². The molecule has 1 saturated heterocycles. The molecule has 2 fully saturated rings. The van der Waals surface area contributed by atoms with Crippen LogP contribution in [0.4, 0.5) is 11.5 Å². The molecule has 2 bridgehead atoms. The van der Waals surface area contributed by atoms with Crippen molar-refractivity contribution in [2.45, 2.75) is 46.1 Å². The Morgan fingerprint density at radius 1 is 1.03 bits per heavy atom. The number of nitro groups is 1. The molecule has 0 spiro atoms. The van der Waals surface area contributed by atoms with Gasteiger partial charge in [0.2, 0.25) is 0 Å². The molecule has 5 rings (SSSR count). The second-order valence-corrected chi connectivity index (χ2v) is 10.0. The lowest BCUT2D eigenvalue weighted by Gasteiger charge is -2.39. The first-order valence-electron chi connectivity index (χ1n) is 10.5. The lowest BCUT2D eigenvalue weighted by Crippen LogP contribution is -2.35. The van der Waals surface area contributed by atoms with Crippen LogP contribution in [0.1, 0.15) is 40.0 Å². The lowest BCUT2D eigenvalue weighted by atomic mass is 9.65. The minimum absolute atomic E-state index is 0.0725. The summed E-state index contributed by atoms with van der Waals surface area (Å²) in [5.41, 5.74) is 2.40. The Hall–Kier alpha value is -3.02. The van der Waals surface area contributed by atoms with E-state index in [1.54, 1.807) is 12.1 Å². The molecule has 6 nitrogen and oxygen atoms in total. The van der Waals surface area contributed by atoms with Gasteiger partial charge in [0.05, 0.1) is 10.4 Å². The van der Waals surface area contributed by atoms with Crippen LogP contribution in [0.25, 0.3) is 22.3 Å². The molecular weight excluding hydrogens is 376 g/mol. The Kier molecular flexibility index (Phi) is 4.10. The molecule has 0 radical (unpaired) electrons. The summed E-state index contributed by atoms with van der Waals surface area (Å²) in [6.45, 7) is 8.16. The average Bonchev–Trinajstić information content (AvgIpc) is 2.95. The van der Waals surface area contributed by atoms with Gasteiger partial charge in [-0.25, -0.2) is 9.97 Å². The quantitative estimate of drug-likeness (QED) is 0.420. The van der Waals surface area contributed by atoms with Crippen molar-refractivity contribution in [3.05, 3.63) is 58.6 Å². The molecule has 30 heavy (non-hydrogen) atoms. The molecule has 1 saturated carbocycles. The third-order valence-electron chi connectivity index (χ3n) is 6.61. The predicted octanol–water partition coefficient (Wildman–Crippen LogP) is 5.61. The van der Waals surface area contributed by atoms with Crippen molar-refractivity contribution in [2.75, 3.05) is 11.4 Å². The number of para-hydroxylation sites is 1. The first-order valence-corrected chi connectivity index (χ1v) is 10.5. The summed E-state index contributed by atoms with van der Waals surface area (Å²) in [6.07, 6.45) is 3.58. The number of aromatic nitrogens is 2. The van der Waals surface area contributed by atoms with Crippen LogP contribution in [-0.2, 0) is 0 Å². The number of nitro benzene ring substituents is 1. The number of hydrogen-bond acceptors (Lipinski definition) is 5. The standard InChI is InChI=1S/C24H26N4O2/c1-23(2)12-18-13-24(3,14-23)15-27(18)22-19-6-4-5-7-20(19)25-21(26-22)16-8-10-17(11-9-16)28(29)30/h4-11,18H,12-15H2,1-3H3/t18-,24+/m0/s1. The molecule has 0 amide bonds. The Morgan fingerprint density at radius 2 is 1.77 bits per heavy atom. The van der Waals surface area contributed by atoms with Crippen molar-refractivity contribution in [1.82, 2.24) is 9.97 Å². The lowest BCUT2D eigenvalue weighted by molar-refractivity contribution is -0.384. The van der Waals surface area contributed by atoms with Crippen molar-refractivity contribution >= 4 is 22.4 Å². The van der Waals surface area contributed by atoms with Crippen LogP contribution in [0.3, 0.4) is 0 Å². The minimum atomic E-state index is -0.386. The SMILES string of the molecule is CC1(C)C[C@H]2C[C@@](C)(CN2c2nc(-c3ccc([N+](=O)[O-])cc3)nc3ccccc23)C1. The van der Waals surface area contributed by atoms with Crippen LogP contribution in [0.2, 0.25) is 0 Å². The van der Waals surface area contributed by atoms with Crippen LogP contribution < -0.4 is 4.90 Å². The highest BCUT2D eigenvalue weighted by atomic mass is 16.6. The molecule has 3 aromatic rings. The molecule has 154 valence electrons. The van der Waals surface area contributed by atoms with E-state index in [0.717, 1.165) is 35.2 Å². The Morgan fingerprint density at radius 3 is 2.50 bits per heavy atom. The van der Waals surface area contributed by atoms with Gasteiger partial charge >= 0.3 is 0 Å². The molecule has 2 aromatic carbocycles. The number of nitrogens with zero attached hydrogens (tertiary/aromatic N) is 4. The van der Waals surface area contributed by atoms with Crippen molar-refractivity contribution < 1.29 is 4.92 Å². The summed E-state index contributed by atoms with van der Waals surface area (Å²) in [4.78, 5) is 22.9. The molecular formula is C24H26N4O2. The van der Waals surface area contributed by atoms with E-state index in [1.807, 2.05) is 18.2 Å². The van der Waals surface area contributed by atoms with Crippen LogP contribution in [-0.4, -0.2) is 27.5 Å². The zero-order valence-electron chi connectivity index (χ0n) is 17.6. The van der Waals surface area contributed by atoms with Gasteiger partial charge in [-0.1, -0.05) is 32.9 Å². The largest absolute Gasteiger partial charge is 0.352 e. The fourth-order valence-electron chi connectivity index (χ4n) is 5.85. The van der Waals surface area contributed by atoms with E-state index in [9.17, 15) is 10.1 Å². The monoisotopic (exact) mass is 402 g/mol. The fourth-order valence-corrected chi connectivity index (χ4v) is 5.85. The highest BCUT2D eigenvalue weighted by molar-refractivity contribution is 5.91. The highest BCUT2D eigenvalue weighted by Gasteiger charge is 2.50. The Balaban J connectivity index is 1.63. The normalized spacial score (nSPS) is 24.9. The number of hydrogen-bond donors (Lipinski definition) is 0. The van der Waals surface area contributed by atoms with Gasteiger partial charge in [-0.2, -0.15) is 0 Å². The van der Waals surface area contributed by atoms with Crippen LogP contribution in [0.15, 0.2) is 48.5 Å². The van der Waals surface area contributed by atoms with Gasteiger partial charge in [-0.05, 0) is 54.4 Å². The minimum Gasteiger partial charge on any atom is -0.352 e. The number of fused-ring (bicyclic) bond motifs is 3. The molecule has 1 aliphatic carbocycles. The highest BCUT2D eigenvalue weighted by Crippen LogP contribution is 2.53. The number of anilines is 1. The van der Waals surface area contributed by atoms with Gasteiger partial charge in [0.25, 0.3) is 5.69 Å². The zero-order chi connectivity index (χ0) is 21.1. The molecule has 1 aliphatic heterocycles. The van der Waals surface area contributed by atoms with E-state index < -0.39 is 0 Å². The second-order valence-electron chi connectivity index (χ2n) is 10.0. The van der Waals surface area contributed by atoms with Gasteiger partial charge in [-0.15, -0.1) is 0 Å².